The molecular weight excluding hydrogens is 378 g/mol. The van der Waals surface area contributed by atoms with Gasteiger partial charge in [-0.3, -0.25) is 10.2 Å². The molecule has 0 bridgehead atoms. The fraction of sp³-hybridized carbons (Fsp3) is 0.304. The van der Waals surface area contributed by atoms with Crippen molar-refractivity contribution in [2.45, 2.75) is 45.8 Å². The van der Waals surface area contributed by atoms with Crippen molar-refractivity contribution in [1.82, 2.24) is 16.2 Å². The van der Waals surface area contributed by atoms with E-state index < -0.39 is 17.6 Å². The molecule has 3 amide bonds. The Balaban J connectivity index is 1.72. The summed E-state index contributed by atoms with van der Waals surface area (Å²) in [6, 6.07) is 16.9. The van der Waals surface area contributed by atoms with E-state index in [1.807, 2.05) is 69.3 Å². The first-order chi connectivity index (χ1) is 14.1. The zero-order valence-electron chi connectivity index (χ0n) is 17.9. The number of hydrogen-bond acceptors (Lipinski definition) is 4. The number of nitrogens with one attached hydrogen (secondary N) is 3. The molecule has 0 fully saturated rings. The van der Waals surface area contributed by atoms with Gasteiger partial charge in [0.25, 0.3) is 5.91 Å². The molecule has 0 aromatic heterocycles. The Kier molecular flexibility index (Phi) is 5.73. The molecule has 0 aliphatic carbocycles. The fourth-order valence-electron chi connectivity index (χ4n) is 3.03. The Bertz CT molecular complexity index is 1130. The van der Waals surface area contributed by atoms with Gasteiger partial charge in [0.05, 0.1) is 5.54 Å². The van der Waals surface area contributed by atoms with E-state index in [9.17, 15) is 9.59 Å². The van der Waals surface area contributed by atoms with E-state index in [0.29, 0.717) is 5.56 Å². The van der Waals surface area contributed by atoms with Crippen LogP contribution in [-0.2, 0) is 0 Å². The summed E-state index contributed by atoms with van der Waals surface area (Å²) in [5.74, 6) is -0.403. The first kappa shape index (κ1) is 21.2. The van der Waals surface area contributed by atoms with Crippen LogP contribution in [0.2, 0.25) is 0 Å². The minimum atomic E-state index is -0.916. The molecule has 0 unspecified atom stereocenters. The summed E-state index contributed by atoms with van der Waals surface area (Å²) in [6.07, 6.45) is 0. The van der Waals surface area contributed by atoms with E-state index >= 15 is 0 Å². The summed E-state index contributed by atoms with van der Waals surface area (Å²) in [5.41, 5.74) is 4.06. The van der Waals surface area contributed by atoms with Gasteiger partial charge in [0.2, 0.25) is 0 Å². The number of rotatable bonds is 3. The SMILES string of the molecule is CC(C)(C)/N=N/C(C)(C)NC(=O)NNC(=O)c1cccc2c1ccc1ccccc12. The quantitative estimate of drug-likeness (QED) is 0.327. The topological polar surface area (TPSA) is 94.9 Å². The van der Waals surface area contributed by atoms with Crippen LogP contribution in [-0.4, -0.2) is 23.1 Å². The molecule has 0 radical (unpaired) electrons. The van der Waals surface area contributed by atoms with Crippen LogP contribution in [0.5, 0.6) is 0 Å². The summed E-state index contributed by atoms with van der Waals surface area (Å²) in [7, 11) is 0. The van der Waals surface area contributed by atoms with E-state index in [2.05, 4.69) is 26.4 Å². The number of urea groups is 1. The predicted molar refractivity (Wildman–Crippen MR) is 119 cm³/mol. The highest BCUT2D eigenvalue weighted by Crippen LogP contribution is 2.27. The van der Waals surface area contributed by atoms with E-state index in [-0.39, 0.29) is 5.54 Å². The van der Waals surface area contributed by atoms with Gasteiger partial charge in [0.1, 0.15) is 5.66 Å². The maximum Gasteiger partial charge on any atom is 0.335 e. The van der Waals surface area contributed by atoms with Gasteiger partial charge < -0.3 is 5.32 Å². The molecule has 3 aromatic rings. The lowest BCUT2D eigenvalue weighted by molar-refractivity contribution is 0.0936. The molecule has 3 aromatic carbocycles. The lowest BCUT2D eigenvalue weighted by Crippen LogP contribution is -2.52. The van der Waals surface area contributed by atoms with Crippen molar-refractivity contribution in [1.29, 1.82) is 0 Å². The van der Waals surface area contributed by atoms with Crippen molar-refractivity contribution >= 4 is 33.5 Å². The zero-order chi connectivity index (χ0) is 21.9. The molecule has 0 aliphatic heterocycles. The van der Waals surface area contributed by atoms with Gasteiger partial charge in [0, 0.05) is 5.56 Å². The maximum absolute atomic E-state index is 12.7. The second-order valence-electron chi connectivity index (χ2n) is 8.65. The number of amides is 3. The first-order valence-electron chi connectivity index (χ1n) is 9.79. The summed E-state index contributed by atoms with van der Waals surface area (Å²) >= 11 is 0. The molecule has 0 atom stereocenters. The number of azo groups is 1. The minimum absolute atomic E-state index is 0.345. The Morgan fingerprint density at radius 1 is 0.733 bits per heavy atom. The van der Waals surface area contributed by atoms with Crippen LogP contribution in [0.25, 0.3) is 21.5 Å². The average molecular weight is 406 g/mol. The summed E-state index contributed by atoms with van der Waals surface area (Å²) in [6.45, 7) is 9.19. The molecule has 3 rings (SSSR count). The number of carbonyl (C=O) groups excluding carboxylic acids is 2. The largest absolute Gasteiger partial charge is 0.335 e. The number of hydrogen-bond donors (Lipinski definition) is 3. The van der Waals surface area contributed by atoms with Gasteiger partial charge in [-0.25, -0.2) is 10.2 Å². The Labute approximate surface area is 175 Å². The fourth-order valence-corrected chi connectivity index (χ4v) is 3.03. The lowest BCUT2D eigenvalue weighted by atomic mass is 9.98. The number of benzene rings is 3. The van der Waals surface area contributed by atoms with Gasteiger partial charge in [-0.15, -0.1) is 0 Å². The van der Waals surface area contributed by atoms with Crippen LogP contribution < -0.4 is 16.2 Å². The normalized spacial score (nSPS) is 12.3. The molecule has 0 spiro atoms. The van der Waals surface area contributed by atoms with Gasteiger partial charge >= 0.3 is 6.03 Å². The van der Waals surface area contributed by atoms with E-state index in [0.717, 1.165) is 21.5 Å². The third kappa shape index (κ3) is 5.11. The molecule has 156 valence electrons. The molecule has 3 N–H and O–H groups in total. The third-order valence-electron chi connectivity index (χ3n) is 4.34. The van der Waals surface area contributed by atoms with Crippen LogP contribution in [0.4, 0.5) is 4.79 Å². The Morgan fingerprint density at radius 3 is 2.17 bits per heavy atom. The second-order valence-corrected chi connectivity index (χ2v) is 8.65. The van der Waals surface area contributed by atoms with E-state index in [1.54, 1.807) is 19.9 Å². The first-order valence-corrected chi connectivity index (χ1v) is 9.79. The van der Waals surface area contributed by atoms with Crippen LogP contribution in [0.1, 0.15) is 45.0 Å². The van der Waals surface area contributed by atoms with Crippen LogP contribution in [0.15, 0.2) is 64.8 Å². The monoisotopic (exact) mass is 405 g/mol. The molecule has 0 saturated heterocycles. The molecule has 7 heteroatoms. The smallest absolute Gasteiger partial charge is 0.311 e. The van der Waals surface area contributed by atoms with Gasteiger partial charge in [-0.05, 0) is 62.2 Å². The van der Waals surface area contributed by atoms with Gasteiger partial charge in [0.15, 0.2) is 0 Å². The Morgan fingerprint density at radius 2 is 1.43 bits per heavy atom. The minimum Gasteiger partial charge on any atom is -0.311 e. The van der Waals surface area contributed by atoms with Crippen molar-refractivity contribution in [2.24, 2.45) is 10.2 Å². The maximum atomic E-state index is 12.7. The molecule has 30 heavy (non-hydrogen) atoms. The highest BCUT2D eigenvalue weighted by atomic mass is 16.2. The predicted octanol–water partition coefficient (Wildman–Crippen LogP) is 4.92. The van der Waals surface area contributed by atoms with Gasteiger partial charge in [-0.1, -0.05) is 48.5 Å². The van der Waals surface area contributed by atoms with Crippen molar-refractivity contribution in [3.05, 3.63) is 60.2 Å². The molecule has 7 nitrogen and oxygen atoms in total. The van der Waals surface area contributed by atoms with E-state index in [1.165, 1.54) is 0 Å². The van der Waals surface area contributed by atoms with Crippen molar-refractivity contribution in [3.8, 4) is 0 Å². The molecular formula is C23H27N5O2. The highest BCUT2D eigenvalue weighted by Gasteiger charge is 2.21. The standard InChI is InChI=1S/C23H27N5O2/c1-22(2,3)27-28-23(4,5)24-21(30)26-25-20(29)19-12-8-11-17-16-10-7-6-9-15(16)13-14-18(17)19/h6-14H,1-5H3,(H,25,29)(H2,24,26,30)/b28-27+. The average Bonchev–Trinajstić information content (AvgIpc) is 2.69. The molecule has 0 heterocycles. The van der Waals surface area contributed by atoms with Crippen molar-refractivity contribution in [2.75, 3.05) is 0 Å². The number of carbonyl (C=O) groups is 2. The number of fused-ring (bicyclic) bond motifs is 3. The lowest BCUT2D eigenvalue weighted by Gasteiger charge is -2.22. The zero-order valence-corrected chi connectivity index (χ0v) is 17.9. The van der Waals surface area contributed by atoms with Crippen LogP contribution in [0.3, 0.4) is 0 Å². The Hall–Kier alpha value is -3.48. The number of hydrazine groups is 1. The van der Waals surface area contributed by atoms with Crippen molar-refractivity contribution in [3.63, 3.8) is 0 Å². The highest BCUT2D eigenvalue weighted by molar-refractivity contribution is 6.15. The van der Waals surface area contributed by atoms with Gasteiger partial charge in [-0.2, -0.15) is 10.2 Å². The summed E-state index contributed by atoms with van der Waals surface area (Å²) < 4.78 is 0. The van der Waals surface area contributed by atoms with Crippen molar-refractivity contribution < 1.29 is 9.59 Å². The second kappa shape index (κ2) is 8.10. The molecule has 0 aliphatic rings. The third-order valence-corrected chi connectivity index (χ3v) is 4.34. The van der Waals surface area contributed by atoms with Crippen LogP contribution >= 0.6 is 0 Å². The summed E-state index contributed by atoms with van der Waals surface area (Å²) in [5, 5.41) is 15.0. The van der Waals surface area contributed by atoms with E-state index in [4.69, 9.17) is 0 Å². The van der Waals surface area contributed by atoms with Crippen LogP contribution in [0, 0.1) is 0 Å². The molecule has 0 saturated carbocycles. The summed E-state index contributed by atoms with van der Waals surface area (Å²) in [4.78, 5) is 24.9. The number of nitrogens with zero attached hydrogens (tertiary/aromatic N) is 2.